The third-order valence-corrected chi connectivity index (χ3v) is 8.71. The Morgan fingerprint density at radius 1 is 0.639 bits per heavy atom. The summed E-state index contributed by atoms with van der Waals surface area (Å²) in [6.07, 6.45) is 0.693. The maximum atomic E-state index is 12.4. The first kappa shape index (κ1) is 35.1. The molecule has 4 N–H and O–H groups in total. The predicted molar refractivity (Wildman–Crippen MR) is 152 cm³/mol. The Balaban J connectivity index is 4.64. The Kier molecular flexibility index (Phi) is 15.1. The van der Waals surface area contributed by atoms with Gasteiger partial charge in [-0.3, -0.25) is 19.4 Å². The standard InChI is InChI=1S/C27H56N4O4S/c1-24(2,3)26(7,8)20-28-22(34)10-12-30(16-18-32)14-15-31(17-19-33)13-11-23(35)29-21-27(9,36)25(4,5)6/h32-33,36H,10-21H2,1-9H3,(H,28,34)(H,29,35). The van der Waals surface area contributed by atoms with Gasteiger partial charge in [-0.1, -0.05) is 55.4 Å². The van der Waals surface area contributed by atoms with Crippen LogP contribution < -0.4 is 10.6 Å². The Hall–Kier alpha value is -0.870. The number of hydrogen-bond donors (Lipinski definition) is 5. The van der Waals surface area contributed by atoms with Crippen LogP contribution in [-0.4, -0.2) is 102 Å². The fourth-order valence-electron chi connectivity index (χ4n) is 3.05. The molecular weight excluding hydrogens is 476 g/mol. The van der Waals surface area contributed by atoms with E-state index in [2.05, 4.69) is 70.9 Å². The molecule has 1 unspecified atom stereocenters. The number of carbonyl (C=O) groups excluding carboxylic acids is 2. The van der Waals surface area contributed by atoms with Crippen molar-refractivity contribution in [2.75, 3.05) is 65.6 Å². The van der Waals surface area contributed by atoms with Gasteiger partial charge >= 0.3 is 0 Å². The van der Waals surface area contributed by atoms with E-state index in [0.29, 0.717) is 65.2 Å². The molecule has 0 bridgehead atoms. The maximum Gasteiger partial charge on any atom is 0.221 e. The summed E-state index contributed by atoms with van der Waals surface area (Å²) in [5.74, 6) is -0.0323. The van der Waals surface area contributed by atoms with Crippen LogP contribution in [0.5, 0.6) is 0 Å². The quantitative estimate of drug-likeness (QED) is 0.184. The van der Waals surface area contributed by atoms with Crippen molar-refractivity contribution in [2.45, 2.75) is 79.9 Å². The number of aliphatic hydroxyl groups excluding tert-OH is 2. The lowest BCUT2D eigenvalue weighted by Crippen LogP contribution is -2.46. The van der Waals surface area contributed by atoms with Gasteiger partial charge in [0.1, 0.15) is 0 Å². The van der Waals surface area contributed by atoms with Crippen molar-refractivity contribution in [1.82, 2.24) is 20.4 Å². The predicted octanol–water partition coefficient (Wildman–Crippen LogP) is 2.39. The van der Waals surface area contributed by atoms with Crippen LogP contribution in [-0.2, 0) is 9.59 Å². The zero-order valence-corrected chi connectivity index (χ0v) is 25.4. The van der Waals surface area contributed by atoms with Gasteiger partial charge in [0.2, 0.25) is 11.8 Å². The molecule has 0 spiro atoms. The summed E-state index contributed by atoms with van der Waals surface area (Å²) in [6.45, 7) is 23.6. The van der Waals surface area contributed by atoms with E-state index < -0.39 is 0 Å². The molecule has 0 aliphatic heterocycles. The normalized spacial score (nSPS) is 14.7. The number of amides is 2. The molecule has 1 atom stereocenters. The lowest BCUT2D eigenvalue weighted by atomic mass is 9.69. The molecule has 0 aromatic heterocycles. The fraction of sp³-hybridized carbons (Fsp3) is 0.926. The SMILES string of the molecule is CC(C)(C)C(C)(C)CNC(=O)CCN(CCO)CCN(CCO)CCC(=O)NCC(C)(S)C(C)(C)C. The maximum absolute atomic E-state index is 12.4. The highest BCUT2D eigenvalue weighted by Crippen LogP contribution is 2.37. The van der Waals surface area contributed by atoms with E-state index >= 15 is 0 Å². The third-order valence-electron chi connectivity index (χ3n) is 7.88. The summed E-state index contributed by atoms with van der Waals surface area (Å²) in [7, 11) is 0. The van der Waals surface area contributed by atoms with E-state index in [-0.39, 0.29) is 46.0 Å². The Labute approximate surface area is 226 Å². The summed E-state index contributed by atoms with van der Waals surface area (Å²) in [5.41, 5.74) is 0.000208. The smallest absolute Gasteiger partial charge is 0.221 e. The summed E-state index contributed by atoms with van der Waals surface area (Å²) in [6, 6.07) is 0. The first-order chi connectivity index (χ1) is 16.4. The van der Waals surface area contributed by atoms with Crippen molar-refractivity contribution in [3.8, 4) is 0 Å². The largest absolute Gasteiger partial charge is 0.395 e. The molecule has 9 heteroatoms. The van der Waals surface area contributed by atoms with Crippen LogP contribution in [0.2, 0.25) is 0 Å². The first-order valence-electron chi connectivity index (χ1n) is 13.3. The molecule has 0 heterocycles. The Morgan fingerprint density at radius 2 is 1.03 bits per heavy atom. The fourth-order valence-corrected chi connectivity index (χ4v) is 3.13. The number of carbonyl (C=O) groups is 2. The van der Waals surface area contributed by atoms with Crippen molar-refractivity contribution in [2.24, 2.45) is 16.2 Å². The number of nitrogens with zero attached hydrogens (tertiary/aromatic N) is 2. The minimum absolute atomic E-state index is 0.00518. The van der Waals surface area contributed by atoms with Gasteiger partial charge in [-0.25, -0.2) is 0 Å². The van der Waals surface area contributed by atoms with Gasteiger partial charge in [-0.05, 0) is 23.2 Å². The number of aliphatic hydroxyl groups is 2. The van der Waals surface area contributed by atoms with Gasteiger partial charge in [0, 0.05) is 69.9 Å². The van der Waals surface area contributed by atoms with Crippen LogP contribution in [0, 0.1) is 16.2 Å². The molecule has 0 saturated heterocycles. The van der Waals surface area contributed by atoms with Gasteiger partial charge in [-0.15, -0.1) is 0 Å². The molecule has 0 aromatic rings. The Morgan fingerprint density at radius 3 is 1.36 bits per heavy atom. The van der Waals surface area contributed by atoms with E-state index in [4.69, 9.17) is 12.6 Å². The summed E-state index contributed by atoms with van der Waals surface area (Å²) < 4.78 is -0.326. The van der Waals surface area contributed by atoms with Crippen LogP contribution in [0.3, 0.4) is 0 Å². The molecule has 0 aliphatic rings. The third kappa shape index (κ3) is 13.6. The zero-order chi connectivity index (χ0) is 28.2. The topological polar surface area (TPSA) is 105 Å². The Bertz CT molecular complexity index is 601. The monoisotopic (exact) mass is 532 g/mol. The van der Waals surface area contributed by atoms with E-state index in [1.54, 1.807) is 0 Å². The molecule has 36 heavy (non-hydrogen) atoms. The van der Waals surface area contributed by atoms with Gasteiger partial charge < -0.3 is 20.8 Å². The van der Waals surface area contributed by atoms with Crippen molar-refractivity contribution in [3.63, 3.8) is 0 Å². The lowest BCUT2D eigenvalue weighted by Gasteiger charge is -2.39. The molecule has 0 rings (SSSR count). The second-order valence-corrected chi connectivity index (χ2v) is 13.8. The minimum atomic E-state index is -0.326. The molecule has 0 aliphatic carbocycles. The zero-order valence-electron chi connectivity index (χ0n) is 24.5. The molecule has 8 nitrogen and oxygen atoms in total. The second kappa shape index (κ2) is 15.5. The summed E-state index contributed by atoms with van der Waals surface area (Å²) in [5, 5.41) is 25.0. The van der Waals surface area contributed by atoms with E-state index in [1.165, 1.54) is 0 Å². The molecule has 0 fully saturated rings. The van der Waals surface area contributed by atoms with Gasteiger partial charge in [0.15, 0.2) is 0 Å². The van der Waals surface area contributed by atoms with Crippen LogP contribution in [0.25, 0.3) is 0 Å². The van der Waals surface area contributed by atoms with Gasteiger partial charge in [0.25, 0.3) is 0 Å². The van der Waals surface area contributed by atoms with Crippen LogP contribution >= 0.6 is 12.6 Å². The summed E-state index contributed by atoms with van der Waals surface area (Å²) >= 11 is 4.72. The second-order valence-electron chi connectivity index (χ2n) is 12.8. The highest BCUT2D eigenvalue weighted by atomic mass is 32.1. The number of hydrogen-bond acceptors (Lipinski definition) is 7. The number of thiol groups is 1. The molecule has 2 amide bonds. The van der Waals surface area contributed by atoms with Crippen LogP contribution in [0.1, 0.15) is 75.2 Å². The van der Waals surface area contributed by atoms with E-state index in [1.807, 2.05) is 11.8 Å². The number of rotatable bonds is 17. The molecular formula is C27H56N4O4S. The van der Waals surface area contributed by atoms with Crippen molar-refractivity contribution in [1.29, 1.82) is 0 Å². The molecule has 214 valence electrons. The van der Waals surface area contributed by atoms with Crippen molar-refractivity contribution >= 4 is 24.4 Å². The minimum Gasteiger partial charge on any atom is -0.395 e. The number of nitrogens with one attached hydrogen (secondary N) is 2. The van der Waals surface area contributed by atoms with Gasteiger partial charge in [0.05, 0.1) is 13.2 Å². The first-order valence-corrected chi connectivity index (χ1v) is 13.7. The van der Waals surface area contributed by atoms with E-state index in [0.717, 1.165) is 0 Å². The highest BCUT2D eigenvalue weighted by molar-refractivity contribution is 7.81. The summed E-state index contributed by atoms with van der Waals surface area (Å²) in [4.78, 5) is 29.0. The van der Waals surface area contributed by atoms with Crippen LogP contribution in [0.15, 0.2) is 0 Å². The average Bonchev–Trinajstić information content (AvgIpc) is 2.74. The van der Waals surface area contributed by atoms with Crippen molar-refractivity contribution in [3.05, 3.63) is 0 Å². The highest BCUT2D eigenvalue weighted by Gasteiger charge is 2.34. The van der Waals surface area contributed by atoms with Gasteiger partial charge in [-0.2, -0.15) is 12.6 Å². The van der Waals surface area contributed by atoms with E-state index in [9.17, 15) is 19.8 Å². The molecule has 0 radical (unpaired) electrons. The van der Waals surface area contributed by atoms with Crippen LogP contribution in [0.4, 0.5) is 0 Å². The lowest BCUT2D eigenvalue weighted by molar-refractivity contribution is -0.123. The average molecular weight is 533 g/mol. The van der Waals surface area contributed by atoms with Crippen molar-refractivity contribution < 1.29 is 19.8 Å². The molecule has 0 saturated carbocycles. The molecule has 0 aromatic carbocycles.